The van der Waals surface area contributed by atoms with E-state index in [1.807, 2.05) is 0 Å². The zero-order chi connectivity index (χ0) is 13.0. The number of carboxylic acids is 1. The van der Waals surface area contributed by atoms with Gasteiger partial charge in [0.1, 0.15) is 12.2 Å². The molecule has 0 bridgehead atoms. The molecule has 2 aliphatic carbocycles. The van der Waals surface area contributed by atoms with Crippen LogP contribution in [0.1, 0.15) is 38.5 Å². The predicted octanol–water partition coefficient (Wildman–Crippen LogP) is 2.20. The fourth-order valence-electron chi connectivity index (χ4n) is 3.51. The van der Waals surface area contributed by atoms with Crippen LogP contribution < -0.4 is 0 Å². The van der Waals surface area contributed by atoms with E-state index in [1.165, 1.54) is 5.57 Å². The summed E-state index contributed by atoms with van der Waals surface area (Å²) in [7, 11) is 0. The predicted molar refractivity (Wildman–Crippen MR) is 67.8 cm³/mol. The number of carbonyl (C=O) groups is 1. The van der Waals surface area contributed by atoms with Gasteiger partial charge in [-0.3, -0.25) is 0 Å². The van der Waals surface area contributed by atoms with E-state index in [1.54, 1.807) is 0 Å². The normalized spacial score (nSPS) is 39.3. The van der Waals surface area contributed by atoms with E-state index in [4.69, 9.17) is 9.47 Å². The molecule has 19 heavy (non-hydrogen) atoms. The Bertz CT molecular complexity index is 490. The van der Waals surface area contributed by atoms with Crippen molar-refractivity contribution in [2.24, 2.45) is 0 Å². The van der Waals surface area contributed by atoms with Crippen molar-refractivity contribution in [3.05, 3.63) is 22.8 Å². The second-order valence-electron chi connectivity index (χ2n) is 5.95. The van der Waals surface area contributed by atoms with Crippen LogP contribution in [0.15, 0.2) is 22.8 Å². The lowest BCUT2D eigenvalue weighted by atomic mass is 9.86. The van der Waals surface area contributed by atoms with Crippen molar-refractivity contribution in [1.29, 1.82) is 0 Å². The van der Waals surface area contributed by atoms with Crippen molar-refractivity contribution < 1.29 is 19.4 Å². The van der Waals surface area contributed by atoms with Gasteiger partial charge in [0.15, 0.2) is 0 Å². The van der Waals surface area contributed by atoms with E-state index in [9.17, 15) is 9.90 Å². The van der Waals surface area contributed by atoms with Crippen LogP contribution in [-0.4, -0.2) is 35.5 Å². The molecule has 0 saturated carbocycles. The van der Waals surface area contributed by atoms with Crippen LogP contribution in [-0.2, 0) is 14.3 Å². The van der Waals surface area contributed by atoms with E-state index < -0.39 is 5.97 Å². The Morgan fingerprint density at radius 3 is 2.84 bits per heavy atom. The van der Waals surface area contributed by atoms with E-state index >= 15 is 0 Å². The molecular weight excluding hydrogens is 244 g/mol. The second-order valence-corrected chi connectivity index (χ2v) is 5.95. The van der Waals surface area contributed by atoms with Crippen LogP contribution in [0.3, 0.4) is 0 Å². The zero-order valence-corrected chi connectivity index (χ0v) is 10.8. The van der Waals surface area contributed by atoms with Gasteiger partial charge in [0, 0.05) is 5.57 Å². The minimum Gasteiger partial charge on any atom is -0.478 e. The number of allylic oxidation sites excluding steroid dienone is 1. The van der Waals surface area contributed by atoms with Gasteiger partial charge >= 0.3 is 5.97 Å². The molecule has 0 aromatic carbocycles. The Morgan fingerprint density at radius 2 is 2.05 bits per heavy atom. The number of fused-ring (bicyclic) bond motifs is 2. The van der Waals surface area contributed by atoms with Crippen LogP contribution in [0.25, 0.3) is 0 Å². The summed E-state index contributed by atoms with van der Waals surface area (Å²) in [6, 6.07) is 0. The summed E-state index contributed by atoms with van der Waals surface area (Å²) in [4.78, 5) is 11.3. The third kappa shape index (κ3) is 2.13. The zero-order valence-electron chi connectivity index (χ0n) is 10.8. The summed E-state index contributed by atoms with van der Waals surface area (Å²) in [6.07, 6.45) is 9.05. The van der Waals surface area contributed by atoms with Crippen molar-refractivity contribution in [2.45, 2.75) is 62.9 Å². The third-order valence-corrected chi connectivity index (χ3v) is 4.74. The van der Waals surface area contributed by atoms with Gasteiger partial charge in [-0.2, -0.15) is 0 Å². The van der Waals surface area contributed by atoms with E-state index in [-0.39, 0.29) is 6.10 Å². The van der Waals surface area contributed by atoms with Gasteiger partial charge in [0.25, 0.3) is 0 Å². The van der Waals surface area contributed by atoms with Gasteiger partial charge in [0.05, 0.1) is 12.2 Å². The lowest BCUT2D eigenvalue weighted by Gasteiger charge is -2.16. The quantitative estimate of drug-likeness (QED) is 0.623. The fourth-order valence-corrected chi connectivity index (χ4v) is 3.51. The Labute approximate surface area is 112 Å². The largest absolute Gasteiger partial charge is 0.478 e. The molecule has 102 valence electrons. The first kappa shape index (κ1) is 11.7. The smallest absolute Gasteiger partial charge is 0.331 e. The highest BCUT2D eigenvalue weighted by molar-refractivity contribution is 5.88. The number of hydrogen-bond donors (Lipinski definition) is 1. The van der Waals surface area contributed by atoms with Crippen LogP contribution in [0.4, 0.5) is 0 Å². The first-order valence-electron chi connectivity index (χ1n) is 7.18. The van der Waals surface area contributed by atoms with E-state index in [2.05, 4.69) is 6.08 Å². The lowest BCUT2D eigenvalue weighted by molar-refractivity contribution is -0.132. The van der Waals surface area contributed by atoms with Crippen LogP contribution in [0, 0.1) is 0 Å². The molecule has 2 saturated heterocycles. The van der Waals surface area contributed by atoms with Gasteiger partial charge in [-0.05, 0) is 44.1 Å². The molecule has 4 rings (SSSR count). The van der Waals surface area contributed by atoms with Gasteiger partial charge in [-0.1, -0.05) is 11.6 Å². The van der Waals surface area contributed by atoms with Crippen molar-refractivity contribution in [3.8, 4) is 0 Å². The van der Waals surface area contributed by atoms with E-state index in [0.29, 0.717) is 30.3 Å². The fraction of sp³-hybridized carbons (Fsp3) is 0.667. The Morgan fingerprint density at radius 1 is 1.21 bits per heavy atom. The summed E-state index contributed by atoms with van der Waals surface area (Å²) >= 11 is 0. The number of carboxylic acid groups (broad SMARTS) is 1. The molecule has 2 fully saturated rings. The SMILES string of the molecule is O=C(O)C1=C(CCC2=CC3OC3CC2)C2OC2CC1. The second kappa shape index (κ2) is 4.18. The number of rotatable bonds is 4. The maximum absolute atomic E-state index is 11.3. The topological polar surface area (TPSA) is 62.4 Å². The molecule has 4 atom stereocenters. The molecule has 0 aromatic rings. The maximum atomic E-state index is 11.3. The molecule has 4 unspecified atom stereocenters. The molecule has 0 amide bonds. The molecule has 4 nitrogen and oxygen atoms in total. The minimum absolute atomic E-state index is 0.106. The molecule has 4 aliphatic rings. The molecule has 0 spiro atoms. The maximum Gasteiger partial charge on any atom is 0.331 e. The summed E-state index contributed by atoms with van der Waals surface area (Å²) in [5.74, 6) is -0.757. The molecule has 4 heteroatoms. The first-order valence-corrected chi connectivity index (χ1v) is 7.18. The highest BCUT2D eigenvalue weighted by Gasteiger charge is 2.46. The van der Waals surface area contributed by atoms with Gasteiger partial charge in [-0.15, -0.1) is 0 Å². The summed E-state index contributed by atoms with van der Waals surface area (Å²) in [6.45, 7) is 0. The minimum atomic E-state index is -0.757. The van der Waals surface area contributed by atoms with Crippen molar-refractivity contribution >= 4 is 5.97 Å². The molecule has 0 radical (unpaired) electrons. The van der Waals surface area contributed by atoms with Crippen molar-refractivity contribution in [1.82, 2.24) is 0 Å². The Kier molecular flexibility index (Phi) is 2.57. The summed E-state index contributed by atoms with van der Waals surface area (Å²) in [5, 5.41) is 9.28. The van der Waals surface area contributed by atoms with Crippen molar-refractivity contribution in [2.75, 3.05) is 0 Å². The standard InChI is InChI=1S/C15H18O4/c16-15(17)10-4-6-12-14(19-12)9(10)3-1-8-2-5-11-13(7-8)18-11/h7,11-14H,1-6H2,(H,16,17). The average Bonchev–Trinajstić information content (AvgIpc) is 3.27. The lowest BCUT2D eigenvalue weighted by Crippen LogP contribution is -2.15. The Hall–Kier alpha value is -1.13. The Balaban J connectivity index is 1.47. The van der Waals surface area contributed by atoms with Crippen molar-refractivity contribution in [3.63, 3.8) is 0 Å². The summed E-state index contributed by atoms with van der Waals surface area (Å²) < 4.78 is 11.1. The van der Waals surface area contributed by atoms with Crippen LogP contribution in [0.5, 0.6) is 0 Å². The average molecular weight is 262 g/mol. The van der Waals surface area contributed by atoms with E-state index in [0.717, 1.165) is 37.7 Å². The number of hydrogen-bond acceptors (Lipinski definition) is 3. The number of aliphatic carboxylic acids is 1. The first-order chi connectivity index (χ1) is 9.22. The molecule has 2 heterocycles. The number of ether oxygens (including phenoxy) is 2. The highest BCUT2D eigenvalue weighted by atomic mass is 16.6. The third-order valence-electron chi connectivity index (χ3n) is 4.74. The molecule has 0 aromatic heterocycles. The van der Waals surface area contributed by atoms with Crippen LogP contribution >= 0.6 is 0 Å². The molecular formula is C15H18O4. The summed E-state index contributed by atoms with van der Waals surface area (Å²) in [5.41, 5.74) is 3.08. The molecule has 2 aliphatic heterocycles. The highest BCUT2D eigenvalue weighted by Crippen LogP contribution is 2.44. The molecule has 1 N–H and O–H groups in total. The van der Waals surface area contributed by atoms with Gasteiger partial charge in [-0.25, -0.2) is 4.79 Å². The van der Waals surface area contributed by atoms with Gasteiger partial charge in [0.2, 0.25) is 0 Å². The monoisotopic (exact) mass is 262 g/mol. The van der Waals surface area contributed by atoms with Crippen LogP contribution in [0.2, 0.25) is 0 Å². The van der Waals surface area contributed by atoms with Gasteiger partial charge < -0.3 is 14.6 Å². The number of epoxide rings is 2.